The van der Waals surface area contributed by atoms with Crippen LogP contribution in [0.3, 0.4) is 0 Å². The summed E-state index contributed by atoms with van der Waals surface area (Å²) in [5.41, 5.74) is 5.15. The Labute approximate surface area is 234 Å². The molecule has 4 aromatic rings. The third kappa shape index (κ3) is 6.32. The summed E-state index contributed by atoms with van der Waals surface area (Å²) in [4.78, 5) is 28.7. The molecule has 0 saturated carbocycles. The van der Waals surface area contributed by atoms with Crippen molar-refractivity contribution in [2.24, 2.45) is 11.0 Å². The molecule has 40 heavy (non-hydrogen) atoms. The Morgan fingerprint density at radius 2 is 1.60 bits per heavy atom. The normalized spacial score (nSPS) is 16.0. The number of nitrogens with one attached hydrogen (secondary N) is 1. The van der Waals surface area contributed by atoms with Crippen molar-refractivity contribution in [1.82, 2.24) is 10.3 Å². The highest BCUT2D eigenvalue weighted by Crippen LogP contribution is 2.39. The van der Waals surface area contributed by atoms with Crippen LogP contribution in [0.4, 0.5) is 0 Å². The number of likely N-dealkylation sites (tertiary alicyclic amines) is 1. The molecule has 0 radical (unpaired) electrons. The average molecular weight is 538 g/mol. The van der Waals surface area contributed by atoms with Gasteiger partial charge in [0.05, 0.1) is 17.4 Å². The van der Waals surface area contributed by atoms with Crippen LogP contribution in [0.5, 0.6) is 5.75 Å². The van der Waals surface area contributed by atoms with Gasteiger partial charge in [-0.05, 0) is 56.1 Å². The predicted octanol–water partition coefficient (Wildman–Crippen LogP) is 5.47. The summed E-state index contributed by atoms with van der Waals surface area (Å²) >= 11 is 0. The third-order valence-electron chi connectivity index (χ3n) is 7.70. The number of piperidine rings is 1. The van der Waals surface area contributed by atoms with Crippen LogP contribution in [0.2, 0.25) is 0 Å². The van der Waals surface area contributed by atoms with Gasteiger partial charge in [0.15, 0.2) is 0 Å². The molecule has 3 aromatic carbocycles. The molecule has 1 saturated heterocycles. The second-order valence-corrected chi connectivity index (χ2v) is 10.5. The van der Waals surface area contributed by atoms with Gasteiger partial charge in [-0.1, -0.05) is 79.2 Å². The van der Waals surface area contributed by atoms with E-state index in [-0.39, 0.29) is 29.6 Å². The molecule has 206 valence electrons. The maximum absolute atomic E-state index is 13.5. The number of hydrazone groups is 1. The Hall–Kier alpha value is -4.23. The number of para-hydroxylation sites is 1. The van der Waals surface area contributed by atoms with E-state index < -0.39 is 11.5 Å². The lowest BCUT2D eigenvalue weighted by Gasteiger charge is -2.34. The fourth-order valence-corrected chi connectivity index (χ4v) is 5.64. The zero-order chi connectivity index (χ0) is 27.9. The van der Waals surface area contributed by atoms with Crippen molar-refractivity contribution in [3.63, 3.8) is 0 Å². The van der Waals surface area contributed by atoms with E-state index in [0.717, 1.165) is 37.1 Å². The molecule has 2 atom stereocenters. The number of fused-ring (bicyclic) bond motifs is 1. The number of hydrogen-bond donors (Lipinski definition) is 2. The number of rotatable bonds is 9. The minimum Gasteiger partial charge on any atom is -0.507 e. The van der Waals surface area contributed by atoms with Crippen LogP contribution in [0.1, 0.15) is 48.8 Å². The first-order valence-corrected chi connectivity index (χ1v) is 13.9. The van der Waals surface area contributed by atoms with Crippen molar-refractivity contribution in [2.45, 2.75) is 38.5 Å². The summed E-state index contributed by atoms with van der Waals surface area (Å²) in [6, 6.07) is 26.2. The van der Waals surface area contributed by atoms with E-state index in [1.54, 1.807) is 18.2 Å². The fraction of sp³-hybridized carbons (Fsp3) is 0.303. The molecule has 1 aliphatic heterocycles. The van der Waals surface area contributed by atoms with Crippen LogP contribution in [0.15, 0.2) is 99.2 Å². The fourth-order valence-electron chi connectivity index (χ4n) is 5.64. The van der Waals surface area contributed by atoms with Crippen molar-refractivity contribution in [2.75, 3.05) is 19.6 Å². The lowest BCUT2D eigenvalue weighted by Crippen LogP contribution is -2.40. The number of amides is 1. The highest BCUT2D eigenvalue weighted by molar-refractivity contribution is 5.89. The molecular formula is C33H35N3O4. The first-order valence-electron chi connectivity index (χ1n) is 13.9. The van der Waals surface area contributed by atoms with Gasteiger partial charge >= 0.3 is 5.63 Å². The minimum absolute atomic E-state index is 0.0785. The van der Waals surface area contributed by atoms with E-state index in [0.29, 0.717) is 23.2 Å². The zero-order valence-electron chi connectivity index (χ0n) is 22.8. The highest BCUT2D eigenvalue weighted by atomic mass is 16.4. The highest BCUT2D eigenvalue weighted by Gasteiger charge is 2.35. The largest absolute Gasteiger partial charge is 0.507 e. The Morgan fingerprint density at radius 1 is 0.950 bits per heavy atom. The molecule has 1 fully saturated rings. The predicted molar refractivity (Wildman–Crippen MR) is 158 cm³/mol. The molecule has 5 rings (SSSR count). The van der Waals surface area contributed by atoms with Crippen LogP contribution in [0.25, 0.3) is 11.0 Å². The van der Waals surface area contributed by atoms with Crippen LogP contribution in [-0.2, 0) is 11.2 Å². The Bertz CT molecular complexity index is 1530. The van der Waals surface area contributed by atoms with Crippen LogP contribution in [-0.4, -0.2) is 41.3 Å². The van der Waals surface area contributed by atoms with E-state index in [4.69, 9.17) is 4.42 Å². The summed E-state index contributed by atoms with van der Waals surface area (Å²) in [5.74, 6) is -1.15. The van der Waals surface area contributed by atoms with Gasteiger partial charge in [0.25, 0.3) is 0 Å². The van der Waals surface area contributed by atoms with E-state index in [1.807, 2.05) is 73.7 Å². The topological polar surface area (TPSA) is 95.1 Å². The molecule has 1 amide bonds. The first-order chi connectivity index (χ1) is 19.5. The third-order valence-corrected chi connectivity index (χ3v) is 7.70. The molecule has 0 spiro atoms. The molecule has 0 unspecified atom stereocenters. The number of nitrogens with zero attached hydrogens (tertiary/aromatic N) is 2. The van der Waals surface area contributed by atoms with Gasteiger partial charge in [0.2, 0.25) is 5.91 Å². The molecule has 1 aliphatic rings. The zero-order valence-corrected chi connectivity index (χ0v) is 22.8. The van der Waals surface area contributed by atoms with Gasteiger partial charge in [0, 0.05) is 24.1 Å². The van der Waals surface area contributed by atoms with E-state index in [9.17, 15) is 14.7 Å². The molecule has 0 aliphatic carbocycles. The number of hydrogen-bond acceptors (Lipinski definition) is 6. The summed E-state index contributed by atoms with van der Waals surface area (Å²) in [5, 5.41) is 16.5. The Balaban J connectivity index is 1.57. The number of carbonyl (C=O) groups excluding carboxylic acids is 1. The van der Waals surface area contributed by atoms with Gasteiger partial charge in [-0.15, -0.1) is 0 Å². The smallest absolute Gasteiger partial charge is 0.343 e. The van der Waals surface area contributed by atoms with Gasteiger partial charge < -0.3 is 14.4 Å². The van der Waals surface area contributed by atoms with Crippen molar-refractivity contribution in [3.05, 3.63) is 112 Å². The lowest BCUT2D eigenvalue weighted by atomic mass is 9.78. The van der Waals surface area contributed by atoms with Crippen molar-refractivity contribution in [3.8, 4) is 5.75 Å². The number of carbonyl (C=O) groups is 1. The maximum Gasteiger partial charge on any atom is 0.343 e. The van der Waals surface area contributed by atoms with Crippen LogP contribution in [0, 0.1) is 5.92 Å². The van der Waals surface area contributed by atoms with E-state index >= 15 is 0 Å². The van der Waals surface area contributed by atoms with E-state index in [2.05, 4.69) is 15.4 Å². The van der Waals surface area contributed by atoms with Crippen LogP contribution < -0.4 is 11.1 Å². The maximum atomic E-state index is 13.5. The lowest BCUT2D eigenvalue weighted by molar-refractivity contribution is -0.120. The Kier molecular flexibility index (Phi) is 8.71. The summed E-state index contributed by atoms with van der Waals surface area (Å²) in [6.45, 7) is 4.40. The summed E-state index contributed by atoms with van der Waals surface area (Å²) in [6.07, 6.45) is 3.62. The number of aromatic hydroxyl groups is 1. The average Bonchev–Trinajstić information content (AvgIpc) is 2.98. The van der Waals surface area contributed by atoms with Gasteiger partial charge in [-0.2, -0.15) is 5.10 Å². The second kappa shape index (κ2) is 12.7. The van der Waals surface area contributed by atoms with Crippen molar-refractivity contribution < 1.29 is 14.3 Å². The van der Waals surface area contributed by atoms with Crippen molar-refractivity contribution >= 4 is 22.6 Å². The van der Waals surface area contributed by atoms with Crippen LogP contribution >= 0.6 is 0 Å². The monoisotopic (exact) mass is 537 g/mol. The molecule has 1 aromatic heterocycles. The Morgan fingerprint density at radius 3 is 2.33 bits per heavy atom. The molecule has 7 nitrogen and oxygen atoms in total. The van der Waals surface area contributed by atoms with E-state index in [1.165, 1.54) is 6.42 Å². The standard InChI is InChI=1S/C33H35N3O4/c1-23(34-35-29(37)21-24-13-5-2-6-14-24)27(22-36-19-11-4-12-20-36)30(25-15-7-3-8-16-25)31-32(38)26-17-9-10-18-28(26)40-33(31)39/h2-3,5-10,13-18,27,30,38H,4,11-12,19-22H2,1H3,(H,35,37)/b34-23-/t27-,30+/m0/s1. The summed E-state index contributed by atoms with van der Waals surface area (Å²) < 4.78 is 5.72. The summed E-state index contributed by atoms with van der Waals surface area (Å²) in [7, 11) is 0. The first kappa shape index (κ1) is 27.3. The molecule has 7 heteroatoms. The van der Waals surface area contributed by atoms with Gasteiger partial charge in [-0.25, -0.2) is 10.2 Å². The SMILES string of the molecule is C/C(=N/NC(=O)Cc1ccccc1)[C@H](CN1CCCCC1)[C@@H](c1ccccc1)c1c(O)c2ccccc2oc1=O. The quantitative estimate of drug-likeness (QED) is 0.168. The molecular weight excluding hydrogens is 502 g/mol. The minimum atomic E-state index is -0.574. The number of benzene rings is 3. The van der Waals surface area contributed by atoms with Gasteiger partial charge in [-0.3, -0.25) is 4.79 Å². The molecule has 2 N–H and O–H groups in total. The van der Waals surface area contributed by atoms with Crippen molar-refractivity contribution in [1.29, 1.82) is 0 Å². The van der Waals surface area contributed by atoms with Gasteiger partial charge in [0.1, 0.15) is 11.3 Å². The molecule has 0 bridgehead atoms. The molecule has 2 heterocycles. The second-order valence-electron chi connectivity index (χ2n) is 10.5.